The van der Waals surface area contributed by atoms with Crippen molar-refractivity contribution in [2.75, 3.05) is 6.54 Å². The molecular weight excluding hydrogens is 402 g/mol. The van der Waals surface area contributed by atoms with E-state index < -0.39 is 0 Å². The standard InChI is InChI=1S/C25H21N5O2/c1-16-19(25(31)29-14-17-5-9-26-10-6-17)3-2-4-22(16)32-23-8-12-28-24-20(23)13-21(30-24)18-7-11-27-15-18/h2-10,12-13,15H,11,14H2,1H3,(H,28,30)(H,29,31). The summed E-state index contributed by atoms with van der Waals surface area (Å²) in [5, 5.41) is 3.83. The highest BCUT2D eigenvalue weighted by molar-refractivity contribution is 6.12. The molecule has 0 atom stereocenters. The predicted octanol–water partition coefficient (Wildman–Crippen LogP) is 4.46. The predicted molar refractivity (Wildman–Crippen MR) is 124 cm³/mol. The summed E-state index contributed by atoms with van der Waals surface area (Å²) in [6.45, 7) is 3.01. The second kappa shape index (κ2) is 8.47. The van der Waals surface area contributed by atoms with Gasteiger partial charge in [-0.05, 0) is 48.9 Å². The Morgan fingerprint density at radius 1 is 1.12 bits per heavy atom. The van der Waals surface area contributed by atoms with Crippen LogP contribution in [0.1, 0.15) is 27.2 Å². The van der Waals surface area contributed by atoms with Gasteiger partial charge in [-0.3, -0.25) is 14.8 Å². The number of ether oxygens (including phenoxy) is 1. The van der Waals surface area contributed by atoms with Gasteiger partial charge in [0.2, 0.25) is 0 Å². The maximum atomic E-state index is 12.8. The van der Waals surface area contributed by atoms with E-state index in [1.54, 1.807) is 24.7 Å². The Labute approximate surface area is 184 Å². The highest BCUT2D eigenvalue weighted by Gasteiger charge is 2.16. The Balaban J connectivity index is 1.39. The van der Waals surface area contributed by atoms with Crippen LogP contribution in [0.5, 0.6) is 11.5 Å². The van der Waals surface area contributed by atoms with E-state index in [9.17, 15) is 4.79 Å². The second-order valence-electron chi connectivity index (χ2n) is 7.48. The third-order valence-electron chi connectivity index (χ3n) is 5.40. The molecular formula is C25H21N5O2. The number of hydrogen-bond acceptors (Lipinski definition) is 5. The van der Waals surface area contributed by atoms with Crippen LogP contribution in [0, 0.1) is 6.92 Å². The topological polar surface area (TPSA) is 92.3 Å². The molecule has 1 aromatic carbocycles. The highest BCUT2D eigenvalue weighted by Crippen LogP contribution is 2.33. The number of pyridine rings is 2. The van der Waals surface area contributed by atoms with Gasteiger partial charge in [0.25, 0.3) is 5.91 Å². The van der Waals surface area contributed by atoms with Crippen LogP contribution in [-0.4, -0.2) is 33.6 Å². The van der Waals surface area contributed by atoms with Crippen LogP contribution >= 0.6 is 0 Å². The average molecular weight is 423 g/mol. The SMILES string of the molecule is Cc1c(Oc2ccnc3[nH]c(C4=CCN=C4)cc23)cccc1C(=O)NCc1ccncc1. The molecule has 0 fully saturated rings. The maximum absolute atomic E-state index is 12.8. The first-order valence-electron chi connectivity index (χ1n) is 10.3. The van der Waals surface area contributed by atoms with Crippen molar-refractivity contribution in [1.29, 1.82) is 0 Å². The van der Waals surface area contributed by atoms with Gasteiger partial charge < -0.3 is 15.0 Å². The van der Waals surface area contributed by atoms with Gasteiger partial charge in [0.05, 0.1) is 11.9 Å². The Morgan fingerprint density at radius 3 is 2.81 bits per heavy atom. The number of aliphatic imine (C=N–C) groups is 1. The third-order valence-corrected chi connectivity index (χ3v) is 5.40. The minimum absolute atomic E-state index is 0.152. The van der Waals surface area contributed by atoms with Crippen LogP contribution in [0.4, 0.5) is 0 Å². The van der Waals surface area contributed by atoms with Crippen LogP contribution in [-0.2, 0) is 6.54 Å². The monoisotopic (exact) mass is 423 g/mol. The Morgan fingerprint density at radius 2 is 2.00 bits per heavy atom. The lowest BCUT2D eigenvalue weighted by Crippen LogP contribution is -2.23. The molecule has 0 radical (unpaired) electrons. The number of carbonyl (C=O) groups excluding carboxylic acids is 1. The van der Waals surface area contributed by atoms with E-state index in [0.29, 0.717) is 30.2 Å². The first kappa shape index (κ1) is 19.7. The summed E-state index contributed by atoms with van der Waals surface area (Å²) in [4.78, 5) is 28.8. The molecule has 0 unspecified atom stereocenters. The molecule has 32 heavy (non-hydrogen) atoms. The molecule has 5 rings (SSSR count). The minimum atomic E-state index is -0.152. The number of aromatic amines is 1. The number of rotatable bonds is 6. The lowest BCUT2D eigenvalue weighted by atomic mass is 10.1. The number of carbonyl (C=O) groups is 1. The number of hydrogen-bond donors (Lipinski definition) is 2. The summed E-state index contributed by atoms with van der Waals surface area (Å²) in [7, 11) is 0. The fourth-order valence-corrected chi connectivity index (χ4v) is 3.65. The molecule has 3 aromatic heterocycles. The Bertz CT molecular complexity index is 1360. The maximum Gasteiger partial charge on any atom is 0.251 e. The molecule has 0 aliphatic carbocycles. The van der Waals surface area contributed by atoms with Crippen molar-refractivity contribution in [2.24, 2.45) is 4.99 Å². The average Bonchev–Trinajstić information content (AvgIpc) is 3.50. The molecule has 2 N–H and O–H groups in total. The van der Waals surface area contributed by atoms with Gasteiger partial charge in [0, 0.05) is 53.7 Å². The zero-order chi connectivity index (χ0) is 21.9. The van der Waals surface area contributed by atoms with E-state index in [1.807, 2.05) is 49.5 Å². The van der Waals surface area contributed by atoms with Crippen molar-refractivity contribution in [3.63, 3.8) is 0 Å². The van der Waals surface area contributed by atoms with Crippen LogP contribution in [0.15, 0.2) is 72.1 Å². The van der Waals surface area contributed by atoms with E-state index in [-0.39, 0.29) is 5.91 Å². The first-order valence-corrected chi connectivity index (χ1v) is 10.3. The largest absolute Gasteiger partial charge is 0.456 e. The van der Waals surface area contributed by atoms with Crippen LogP contribution in [0.3, 0.4) is 0 Å². The van der Waals surface area contributed by atoms with E-state index in [4.69, 9.17) is 4.74 Å². The van der Waals surface area contributed by atoms with Crippen LogP contribution in [0.2, 0.25) is 0 Å². The number of amides is 1. The quantitative estimate of drug-likeness (QED) is 0.479. The Kier molecular flexibility index (Phi) is 5.21. The summed E-state index contributed by atoms with van der Waals surface area (Å²) in [5.41, 5.74) is 5.06. The van der Waals surface area contributed by atoms with Gasteiger partial charge in [-0.25, -0.2) is 4.98 Å². The molecule has 7 nitrogen and oxygen atoms in total. The number of nitrogens with zero attached hydrogens (tertiary/aromatic N) is 3. The summed E-state index contributed by atoms with van der Waals surface area (Å²) >= 11 is 0. The number of H-pyrrole nitrogens is 1. The lowest BCUT2D eigenvalue weighted by Gasteiger charge is -2.13. The minimum Gasteiger partial charge on any atom is -0.456 e. The second-order valence-corrected chi connectivity index (χ2v) is 7.48. The van der Waals surface area contributed by atoms with Gasteiger partial charge in [-0.15, -0.1) is 0 Å². The molecule has 1 amide bonds. The molecule has 158 valence electrons. The van der Waals surface area contributed by atoms with Crippen molar-refractivity contribution in [3.8, 4) is 11.5 Å². The molecule has 0 saturated heterocycles. The molecule has 1 aliphatic heterocycles. The number of aromatic nitrogens is 3. The third kappa shape index (κ3) is 3.88. The summed E-state index contributed by atoms with van der Waals surface area (Å²) in [5.74, 6) is 1.14. The molecule has 0 spiro atoms. The zero-order valence-electron chi connectivity index (χ0n) is 17.5. The van der Waals surface area contributed by atoms with E-state index in [2.05, 4.69) is 31.3 Å². The molecule has 1 aliphatic rings. The molecule has 0 saturated carbocycles. The van der Waals surface area contributed by atoms with Gasteiger partial charge in [0.15, 0.2) is 0 Å². The fourth-order valence-electron chi connectivity index (χ4n) is 3.65. The molecule has 4 aromatic rings. The highest BCUT2D eigenvalue weighted by atomic mass is 16.5. The smallest absolute Gasteiger partial charge is 0.251 e. The van der Waals surface area contributed by atoms with Crippen molar-refractivity contribution >= 4 is 28.7 Å². The van der Waals surface area contributed by atoms with Gasteiger partial charge in [0.1, 0.15) is 17.1 Å². The van der Waals surface area contributed by atoms with Gasteiger partial charge >= 0.3 is 0 Å². The number of allylic oxidation sites excluding steroid dienone is 1. The van der Waals surface area contributed by atoms with E-state index in [1.165, 1.54) is 0 Å². The van der Waals surface area contributed by atoms with Crippen molar-refractivity contribution in [1.82, 2.24) is 20.3 Å². The number of benzene rings is 1. The number of nitrogens with one attached hydrogen (secondary N) is 2. The fraction of sp³-hybridized carbons (Fsp3) is 0.120. The molecule has 4 heterocycles. The van der Waals surface area contributed by atoms with E-state index >= 15 is 0 Å². The van der Waals surface area contributed by atoms with Crippen molar-refractivity contribution < 1.29 is 9.53 Å². The van der Waals surface area contributed by atoms with Crippen molar-refractivity contribution in [3.05, 3.63) is 89.5 Å². The normalized spacial score (nSPS) is 12.7. The summed E-state index contributed by atoms with van der Waals surface area (Å²) < 4.78 is 6.25. The Hall–Kier alpha value is -4.26. The number of fused-ring (bicyclic) bond motifs is 1. The van der Waals surface area contributed by atoms with E-state index in [0.717, 1.165) is 33.4 Å². The van der Waals surface area contributed by atoms with Crippen LogP contribution < -0.4 is 10.1 Å². The molecule has 0 bridgehead atoms. The van der Waals surface area contributed by atoms with Crippen molar-refractivity contribution in [2.45, 2.75) is 13.5 Å². The zero-order valence-corrected chi connectivity index (χ0v) is 17.5. The van der Waals surface area contributed by atoms with Gasteiger partial charge in [-0.1, -0.05) is 12.1 Å². The summed E-state index contributed by atoms with van der Waals surface area (Å²) in [6, 6.07) is 13.1. The van der Waals surface area contributed by atoms with Crippen LogP contribution in [0.25, 0.3) is 16.6 Å². The lowest BCUT2D eigenvalue weighted by molar-refractivity contribution is 0.0950. The first-order chi connectivity index (χ1) is 15.7. The summed E-state index contributed by atoms with van der Waals surface area (Å²) in [6.07, 6.45) is 9.03. The van der Waals surface area contributed by atoms with Gasteiger partial charge in [-0.2, -0.15) is 0 Å². The molecule has 7 heteroatoms.